The summed E-state index contributed by atoms with van der Waals surface area (Å²) in [5, 5.41) is 9.44. The number of carbonyl (C=O) groups is 2. The van der Waals surface area contributed by atoms with Crippen LogP contribution >= 0.6 is 11.6 Å². The molecule has 5 nitrogen and oxygen atoms in total. The van der Waals surface area contributed by atoms with Gasteiger partial charge in [0, 0.05) is 24.3 Å². The Balaban J connectivity index is 2.94. The fraction of sp³-hybridized carbons (Fsp3) is 0.429. The highest BCUT2D eigenvalue weighted by atomic mass is 35.5. The third-order valence-corrected chi connectivity index (χ3v) is 3.05. The van der Waals surface area contributed by atoms with Crippen LogP contribution in [0.4, 0.5) is 10.5 Å². The molecule has 0 saturated heterocycles. The van der Waals surface area contributed by atoms with Crippen molar-refractivity contribution in [3.8, 4) is 0 Å². The number of carboxylic acid groups (broad SMARTS) is 1. The quantitative estimate of drug-likeness (QED) is 0.878. The van der Waals surface area contributed by atoms with Crippen LogP contribution < -0.4 is 4.90 Å². The smallest absolute Gasteiger partial charge is 0.324 e. The molecule has 0 aromatic heterocycles. The second-order valence-corrected chi connectivity index (χ2v) is 4.95. The first-order chi connectivity index (χ1) is 9.45. The number of carbonyl (C=O) groups excluding carboxylic acids is 1. The Morgan fingerprint density at radius 2 is 2.05 bits per heavy atom. The van der Waals surface area contributed by atoms with Gasteiger partial charge in [-0.25, -0.2) is 4.79 Å². The summed E-state index contributed by atoms with van der Waals surface area (Å²) in [5.41, 5.74) is 0.480. The third-order valence-electron chi connectivity index (χ3n) is 2.82. The van der Waals surface area contributed by atoms with E-state index in [9.17, 15) is 9.59 Å². The van der Waals surface area contributed by atoms with Gasteiger partial charge in [-0.15, -0.1) is 0 Å². The van der Waals surface area contributed by atoms with Gasteiger partial charge >= 0.3 is 12.0 Å². The molecule has 0 heterocycles. The summed E-state index contributed by atoms with van der Waals surface area (Å²) >= 11 is 5.89. The summed E-state index contributed by atoms with van der Waals surface area (Å²) in [7, 11) is 1.66. The van der Waals surface area contributed by atoms with E-state index in [0.717, 1.165) is 12.8 Å². The van der Waals surface area contributed by atoms with Crippen LogP contribution in [0.25, 0.3) is 0 Å². The van der Waals surface area contributed by atoms with Crippen molar-refractivity contribution in [3.05, 3.63) is 29.3 Å². The maximum absolute atomic E-state index is 12.3. The lowest BCUT2D eigenvalue weighted by Gasteiger charge is -2.27. The van der Waals surface area contributed by atoms with E-state index in [-0.39, 0.29) is 6.03 Å². The van der Waals surface area contributed by atoms with Gasteiger partial charge in [0.15, 0.2) is 0 Å². The van der Waals surface area contributed by atoms with Crippen LogP contribution in [0, 0.1) is 0 Å². The van der Waals surface area contributed by atoms with Crippen molar-refractivity contribution in [3.63, 3.8) is 0 Å². The summed E-state index contributed by atoms with van der Waals surface area (Å²) in [6.07, 6.45) is 1.84. The van der Waals surface area contributed by atoms with Gasteiger partial charge in [-0.2, -0.15) is 0 Å². The van der Waals surface area contributed by atoms with Crippen LogP contribution in [-0.4, -0.2) is 42.1 Å². The summed E-state index contributed by atoms with van der Waals surface area (Å²) in [6.45, 7) is 2.23. The molecule has 0 bridgehead atoms. The van der Waals surface area contributed by atoms with Crippen LogP contribution in [0.2, 0.25) is 5.02 Å². The second-order valence-electron chi connectivity index (χ2n) is 4.52. The molecule has 0 radical (unpaired) electrons. The van der Waals surface area contributed by atoms with E-state index in [4.69, 9.17) is 16.7 Å². The topological polar surface area (TPSA) is 60.9 Å². The van der Waals surface area contributed by atoms with Crippen molar-refractivity contribution in [1.82, 2.24) is 4.90 Å². The van der Waals surface area contributed by atoms with Crippen LogP contribution in [0.5, 0.6) is 0 Å². The van der Waals surface area contributed by atoms with Crippen LogP contribution in [0.3, 0.4) is 0 Å². The van der Waals surface area contributed by atoms with Crippen molar-refractivity contribution in [2.75, 3.05) is 25.0 Å². The number of nitrogens with zero attached hydrogens (tertiary/aromatic N) is 2. The zero-order valence-electron chi connectivity index (χ0n) is 11.7. The normalized spacial score (nSPS) is 10.2. The lowest BCUT2D eigenvalue weighted by Crippen LogP contribution is -2.44. The maximum Gasteiger partial charge on any atom is 0.324 e. The second kappa shape index (κ2) is 7.75. The van der Waals surface area contributed by atoms with E-state index in [1.165, 1.54) is 9.80 Å². The van der Waals surface area contributed by atoms with E-state index in [2.05, 4.69) is 0 Å². The number of halogens is 1. The highest BCUT2D eigenvalue weighted by Crippen LogP contribution is 2.20. The molecular weight excluding hydrogens is 280 g/mol. The molecule has 20 heavy (non-hydrogen) atoms. The highest BCUT2D eigenvalue weighted by molar-refractivity contribution is 6.30. The van der Waals surface area contributed by atoms with E-state index < -0.39 is 12.5 Å². The van der Waals surface area contributed by atoms with Gasteiger partial charge in [0.2, 0.25) is 0 Å². The molecule has 0 aliphatic carbocycles. The number of carboxylic acids is 1. The molecule has 0 spiro atoms. The first kappa shape index (κ1) is 16.3. The van der Waals surface area contributed by atoms with Crippen LogP contribution in [0.1, 0.15) is 19.8 Å². The van der Waals surface area contributed by atoms with E-state index in [0.29, 0.717) is 17.3 Å². The predicted molar refractivity (Wildman–Crippen MR) is 79.4 cm³/mol. The van der Waals surface area contributed by atoms with E-state index >= 15 is 0 Å². The van der Waals surface area contributed by atoms with Gasteiger partial charge in [-0.3, -0.25) is 9.69 Å². The fourth-order valence-electron chi connectivity index (χ4n) is 1.75. The number of benzene rings is 1. The summed E-state index contributed by atoms with van der Waals surface area (Å²) in [6, 6.07) is 6.26. The third kappa shape index (κ3) is 4.74. The van der Waals surface area contributed by atoms with Crippen LogP contribution in [-0.2, 0) is 4.79 Å². The molecule has 1 rings (SSSR count). The summed E-state index contributed by atoms with van der Waals surface area (Å²) < 4.78 is 0. The molecule has 0 aliphatic rings. The average molecular weight is 299 g/mol. The van der Waals surface area contributed by atoms with Crippen molar-refractivity contribution in [2.45, 2.75) is 19.8 Å². The minimum absolute atomic E-state index is 0.344. The highest BCUT2D eigenvalue weighted by Gasteiger charge is 2.22. The zero-order chi connectivity index (χ0) is 15.1. The Morgan fingerprint density at radius 3 is 2.60 bits per heavy atom. The Hall–Kier alpha value is -1.75. The Morgan fingerprint density at radius 1 is 1.35 bits per heavy atom. The number of rotatable bonds is 6. The first-order valence-corrected chi connectivity index (χ1v) is 6.83. The molecule has 0 saturated carbocycles. The minimum Gasteiger partial charge on any atom is -0.480 e. The zero-order valence-corrected chi connectivity index (χ0v) is 12.4. The molecular formula is C14H19ClN2O3. The minimum atomic E-state index is -1.07. The molecule has 110 valence electrons. The van der Waals surface area contributed by atoms with Gasteiger partial charge in [0.1, 0.15) is 6.54 Å². The predicted octanol–water partition coefficient (Wildman–Crippen LogP) is 3.08. The molecule has 2 amide bonds. The molecule has 0 aliphatic heterocycles. The number of anilines is 1. The lowest BCUT2D eigenvalue weighted by atomic mass is 10.3. The van der Waals surface area contributed by atoms with Gasteiger partial charge < -0.3 is 10.0 Å². The molecule has 0 fully saturated rings. The van der Waals surface area contributed by atoms with Crippen molar-refractivity contribution >= 4 is 29.3 Å². The van der Waals surface area contributed by atoms with Crippen molar-refractivity contribution in [1.29, 1.82) is 0 Å². The van der Waals surface area contributed by atoms with E-state index in [1.54, 1.807) is 31.3 Å². The van der Waals surface area contributed by atoms with Gasteiger partial charge in [-0.05, 0) is 24.6 Å². The Bertz CT molecular complexity index is 479. The Labute approximate surface area is 123 Å². The standard InChI is InChI=1S/C14H19ClN2O3/c1-3-4-8-16(2)14(20)17(10-13(18)19)12-7-5-6-11(15)9-12/h5-7,9H,3-4,8,10H2,1-2H3,(H,18,19). The molecule has 0 atom stereocenters. The fourth-order valence-corrected chi connectivity index (χ4v) is 1.93. The lowest BCUT2D eigenvalue weighted by molar-refractivity contribution is -0.135. The van der Waals surface area contributed by atoms with Crippen molar-refractivity contribution in [2.24, 2.45) is 0 Å². The molecule has 1 N–H and O–H groups in total. The number of aliphatic carboxylic acids is 1. The number of amides is 2. The summed E-state index contributed by atoms with van der Waals surface area (Å²) in [4.78, 5) is 26.0. The number of hydrogen-bond donors (Lipinski definition) is 1. The molecule has 6 heteroatoms. The van der Waals surface area contributed by atoms with Gasteiger partial charge in [-0.1, -0.05) is 31.0 Å². The van der Waals surface area contributed by atoms with Gasteiger partial charge in [0.25, 0.3) is 0 Å². The number of hydrogen-bond acceptors (Lipinski definition) is 2. The van der Waals surface area contributed by atoms with Crippen molar-refractivity contribution < 1.29 is 14.7 Å². The molecule has 0 unspecified atom stereocenters. The largest absolute Gasteiger partial charge is 0.480 e. The first-order valence-electron chi connectivity index (χ1n) is 6.45. The number of unbranched alkanes of at least 4 members (excludes halogenated alkanes) is 1. The SMILES string of the molecule is CCCCN(C)C(=O)N(CC(=O)O)c1cccc(Cl)c1. The van der Waals surface area contributed by atoms with Crippen LogP contribution in [0.15, 0.2) is 24.3 Å². The van der Waals surface area contributed by atoms with Gasteiger partial charge in [0.05, 0.1) is 0 Å². The molecule has 1 aromatic rings. The Kier molecular flexibility index (Phi) is 6.31. The van der Waals surface area contributed by atoms with E-state index in [1.807, 2.05) is 6.92 Å². The molecule has 1 aromatic carbocycles. The average Bonchev–Trinajstić information content (AvgIpc) is 2.41. The maximum atomic E-state index is 12.3. The number of urea groups is 1. The summed E-state index contributed by atoms with van der Waals surface area (Å²) in [5.74, 6) is -1.07. The monoisotopic (exact) mass is 298 g/mol.